The molecule has 1 fully saturated rings. The van der Waals surface area contributed by atoms with Gasteiger partial charge in [-0.05, 0) is 123 Å². The van der Waals surface area contributed by atoms with E-state index in [0.29, 0.717) is 0 Å². The van der Waals surface area contributed by atoms with Crippen LogP contribution in [-0.2, 0) is 0 Å². The molecule has 0 unspecified atom stereocenters. The maximum absolute atomic E-state index is 2.47. The van der Waals surface area contributed by atoms with E-state index in [1.807, 2.05) is 0 Å². The molecule has 0 amide bonds. The maximum atomic E-state index is 2.47. The Morgan fingerprint density at radius 1 is 0.364 bits per heavy atom. The lowest BCUT2D eigenvalue weighted by Crippen LogP contribution is -1.91. The third-order valence-electron chi connectivity index (χ3n) is 9.67. The molecule has 1 heteroatoms. The lowest BCUT2D eigenvalue weighted by atomic mass is 9.85. The van der Waals surface area contributed by atoms with Crippen LogP contribution in [-0.4, -0.2) is 17.8 Å². The summed E-state index contributed by atoms with van der Waals surface area (Å²) in [6, 6.07) is 56.6. The van der Waals surface area contributed by atoms with Crippen molar-refractivity contribution in [2.45, 2.75) is 4.90 Å². The lowest BCUT2D eigenvalue weighted by molar-refractivity contribution is 1.49. The number of benzene rings is 8. The Bertz CT molecular complexity index is 2340. The average molecular weight is 581 g/mol. The van der Waals surface area contributed by atoms with Crippen molar-refractivity contribution < 1.29 is 0 Å². The highest BCUT2D eigenvalue weighted by atomic mass is 32.3. The van der Waals surface area contributed by atoms with Crippen LogP contribution in [0, 0.1) is 0 Å². The summed E-state index contributed by atoms with van der Waals surface area (Å²) in [5.74, 6) is 2.78. The van der Waals surface area contributed by atoms with Gasteiger partial charge in [0.1, 0.15) is 0 Å². The summed E-state index contributed by atoms with van der Waals surface area (Å²) in [6.45, 7) is 0. The van der Waals surface area contributed by atoms with Crippen molar-refractivity contribution in [3.63, 3.8) is 0 Å². The summed E-state index contributed by atoms with van der Waals surface area (Å²) in [5.41, 5.74) is 7.63. The fraction of sp³-hybridized carbons (Fsp3) is 0.0698. The van der Waals surface area contributed by atoms with Gasteiger partial charge in [0.15, 0.2) is 0 Å². The van der Waals surface area contributed by atoms with Gasteiger partial charge in [-0.3, -0.25) is 0 Å². The highest BCUT2D eigenvalue weighted by molar-refractivity contribution is 8.38. The molecule has 0 spiro atoms. The van der Waals surface area contributed by atoms with E-state index in [-0.39, 0.29) is 0 Å². The minimum Gasteiger partial charge on any atom is -0.216 e. The van der Waals surface area contributed by atoms with Gasteiger partial charge in [0.05, 0.1) is 0 Å². The van der Waals surface area contributed by atoms with Crippen LogP contribution in [0.4, 0.5) is 0 Å². The van der Waals surface area contributed by atoms with Gasteiger partial charge in [-0.1, -0.05) is 127 Å². The Kier molecular flexibility index (Phi) is 5.73. The quantitative estimate of drug-likeness (QED) is 0.143. The van der Waals surface area contributed by atoms with Crippen molar-refractivity contribution in [2.75, 3.05) is 17.8 Å². The topological polar surface area (TPSA) is 0 Å². The van der Waals surface area contributed by atoms with E-state index in [0.717, 1.165) is 0 Å². The first kappa shape index (κ1) is 25.6. The molecule has 0 saturated carbocycles. The molecular weight excluding hydrogens is 549 g/mol. The Labute approximate surface area is 259 Å². The Morgan fingerprint density at radius 2 is 0.795 bits per heavy atom. The Balaban J connectivity index is 1.18. The van der Waals surface area contributed by atoms with E-state index < -0.39 is 10.0 Å². The largest absolute Gasteiger partial charge is 0.216 e. The minimum absolute atomic E-state index is 0.497. The second kappa shape index (κ2) is 9.84. The number of hydrogen-bond acceptors (Lipinski definition) is 0. The molecule has 44 heavy (non-hydrogen) atoms. The van der Waals surface area contributed by atoms with E-state index in [9.17, 15) is 0 Å². The molecule has 0 nitrogen and oxygen atoms in total. The second-order valence-corrected chi connectivity index (χ2v) is 16.2. The van der Waals surface area contributed by atoms with Crippen LogP contribution in [0.1, 0.15) is 0 Å². The third-order valence-corrected chi connectivity index (χ3v) is 12.7. The zero-order chi connectivity index (χ0) is 29.3. The number of hydrogen-bond donors (Lipinski definition) is 0. The Morgan fingerprint density at radius 3 is 1.45 bits per heavy atom. The van der Waals surface area contributed by atoms with Gasteiger partial charge in [0, 0.05) is 0 Å². The second-order valence-electron chi connectivity index (χ2n) is 12.4. The molecule has 1 saturated heterocycles. The summed E-state index contributed by atoms with van der Waals surface area (Å²) >= 11 is 0. The fourth-order valence-corrected chi connectivity index (χ4v) is 9.27. The molecule has 9 rings (SSSR count). The van der Waals surface area contributed by atoms with Gasteiger partial charge in [-0.25, -0.2) is 10.0 Å². The van der Waals surface area contributed by atoms with E-state index >= 15 is 0 Å². The molecule has 1 aliphatic rings. The molecular formula is C43H32S. The standard InChI is InChI=1S/C43H32S/c1-44(24-25-44)37-23-22-34-26-33(19-20-35(34)28-37)30-14-17-31(18-15-30)42-38-10-4-6-12-40(38)43(41-13-7-5-11-39(41)42)36-21-16-29-8-2-3-9-32(29)27-36/h2-23,26-28H,24-25H2,1H3. The third kappa shape index (κ3) is 4.15. The van der Waals surface area contributed by atoms with Crippen LogP contribution in [0.3, 0.4) is 0 Å². The van der Waals surface area contributed by atoms with Gasteiger partial charge in [0.2, 0.25) is 0 Å². The zero-order valence-electron chi connectivity index (χ0n) is 24.8. The first-order valence-corrected chi connectivity index (χ1v) is 17.8. The molecule has 1 heterocycles. The normalized spacial score (nSPS) is 14.8. The highest BCUT2D eigenvalue weighted by Gasteiger charge is 2.33. The van der Waals surface area contributed by atoms with Crippen molar-refractivity contribution in [2.24, 2.45) is 0 Å². The van der Waals surface area contributed by atoms with E-state index in [2.05, 4.69) is 158 Å². The first-order valence-electron chi connectivity index (χ1n) is 15.5. The molecule has 0 bridgehead atoms. The van der Waals surface area contributed by atoms with Crippen LogP contribution in [0.2, 0.25) is 0 Å². The Hall–Kier alpha value is -4.85. The van der Waals surface area contributed by atoms with Gasteiger partial charge >= 0.3 is 0 Å². The lowest BCUT2D eigenvalue weighted by Gasteiger charge is -2.18. The molecule has 0 aliphatic carbocycles. The van der Waals surface area contributed by atoms with Crippen LogP contribution in [0.5, 0.6) is 0 Å². The monoisotopic (exact) mass is 580 g/mol. The van der Waals surface area contributed by atoms with Crippen molar-refractivity contribution in [3.05, 3.63) is 152 Å². The van der Waals surface area contributed by atoms with Crippen molar-refractivity contribution in [1.82, 2.24) is 0 Å². The van der Waals surface area contributed by atoms with Gasteiger partial charge in [-0.2, -0.15) is 0 Å². The molecule has 210 valence electrons. The van der Waals surface area contributed by atoms with E-state index in [4.69, 9.17) is 0 Å². The number of rotatable bonds is 4. The molecule has 8 aromatic rings. The molecule has 0 atom stereocenters. The summed E-state index contributed by atoms with van der Waals surface area (Å²) < 4.78 is 0. The summed E-state index contributed by atoms with van der Waals surface area (Å²) in [7, 11) is -0.497. The highest BCUT2D eigenvalue weighted by Crippen LogP contribution is 2.64. The SMILES string of the molecule is CS1(c2ccc3cc(-c4ccc(-c5c6ccccc6c(-c6ccc7ccccc7c6)c6ccccc56)cc4)ccc3c2)CC1. The van der Waals surface area contributed by atoms with Gasteiger partial charge < -0.3 is 0 Å². The predicted molar refractivity (Wildman–Crippen MR) is 194 cm³/mol. The van der Waals surface area contributed by atoms with Crippen LogP contribution in [0.15, 0.2) is 157 Å². The number of fused-ring (bicyclic) bond motifs is 4. The molecule has 8 aromatic carbocycles. The molecule has 0 aromatic heterocycles. The first-order chi connectivity index (χ1) is 21.6. The molecule has 1 aliphatic heterocycles. The zero-order valence-corrected chi connectivity index (χ0v) is 25.6. The van der Waals surface area contributed by atoms with Gasteiger partial charge in [0.25, 0.3) is 0 Å². The predicted octanol–water partition coefficient (Wildman–Crippen LogP) is 12.1. The van der Waals surface area contributed by atoms with Crippen LogP contribution in [0.25, 0.3) is 76.5 Å². The van der Waals surface area contributed by atoms with Crippen molar-refractivity contribution in [1.29, 1.82) is 0 Å². The van der Waals surface area contributed by atoms with Crippen LogP contribution < -0.4 is 0 Å². The van der Waals surface area contributed by atoms with Crippen LogP contribution >= 0.6 is 10.0 Å². The maximum Gasteiger partial charge on any atom is -0.00262 e. The molecule has 0 radical (unpaired) electrons. The van der Waals surface area contributed by atoms with Gasteiger partial charge in [-0.15, -0.1) is 0 Å². The van der Waals surface area contributed by atoms with E-state index in [1.54, 1.807) is 4.90 Å². The fourth-order valence-electron chi connectivity index (χ4n) is 7.00. The molecule has 0 N–H and O–H groups in total. The van der Waals surface area contributed by atoms with Crippen molar-refractivity contribution >= 4 is 53.1 Å². The summed E-state index contributed by atoms with van der Waals surface area (Å²) in [4.78, 5) is 1.56. The van der Waals surface area contributed by atoms with E-state index in [1.165, 1.54) is 88.0 Å². The van der Waals surface area contributed by atoms with Crippen molar-refractivity contribution in [3.8, 4) is 33.4 Å². The summed E-state index contributed by atoms with van der Waals surface area (Å²) in [6.07, 6.45) is 2.47. The smallest absolute Gasteiger partial charge is 0.00262 e. The average Bonchev–Trinajstić information content (AvgIpc) is 3.84. The minimum atomic E-state index is -0.497. The summed E-state index contributed by atoms with van der Waals surface area (Å²) in [5, 5.41) is 10.4.